The van der Waals surface area contributed by atoms with E-state index < -0.39 is 29.6 Å². The number of aryl methyl sites for hydroxylation is 1. The van der Waals surface area contributed by atoms with Crippen molar-refractivity contribution in [2.45, 2.75) is 32.4 Å². The summed E-state index contributed by atoms with van der Waals surface area (Å²) in [5.41, 5.74) is 0.324. The van der Waals surface area contributed by atoms with Crippen molar-refractivity contribution in [2.24, 2.45) is 0 Å². The van der Waals surface area contributed by atoms with E-state index in [0.717, 1.165) is 12.1 Å². The molecule has 1 saturated heterocycles. The molecule has 1 aromatic heterocycles. The molecule has 1 aliphatic rings. The normalized spacial score (nSPS) is 16.4. The van der Waals surface area contributed by atoms with Crippen LogP contribution >= 0.6 is 0 Å². The SMILES string of the molecule is COC(=O)C1CCCN1C(=O)c1noc(C)c1COc1ccc(F)cc1F. The van der Waals surface area contributed by atoms with Gasteiger partial charge in [-0.15, -0.1) is 0 Å². The molecular weight excluding hydrogens is 362 g/mol. The first-order valence-electron chi connectivity index (χ1n) is 8.34. The first kappa shape index (κ1) is 18.8. The van der Waals surface area contributed by atoms with E-state index in [2.05, 4.69) is 5.16 Å². The van der Waals surface area contributed by atoms with E-state index in [1.807, 2.05) is 0 Å². The van der Waals surface area contributed by atoms with Gasteiger partial charge in [-0.3, -0.25) is 4.79 Å². The van der Waals surface area contributed by atoms with Crippen molar-refractivity contribution in [1.82, 2.24) is 10.1 Å². The van der Waals surface area contributed by atoms with Gasteiger partial charge in [0.05, 0.1) is 12.7 Å². The third-order valence-corrected chi connectivity index (χ3v) is 4.44. The van der Waals surface area contributed by atoms with Crippen LogP contribution in [0.1, 0.15) is 34.7 Å². The third kappa shape index (κ3) is 3.76. The zero-order chi connectivity index (χ0) is 19.6. The number of hydrogen-bond acceptors (Lipinski definition) is 6. The highest BCUT2D eigenvalue weighted by atomic mass is 19.1. The Morgan fingerprint density at radius 3 is 2.85 bits per heavy atom. The van der Waals surface area contributed by atoms with Crippen LogP contribution in [-0.4, -0.2) is 41.6 Å². The summed E-state index contributed by atoms with van der Waals surface area (Å²) in [6.45, 7) is 1.78. The van der Waals surface area contributed by atoms with Gasteiger partial charge < -0.3 is 18.9 Å². The highest BCUT2D eigenvalue weighted by molar-refractivity contribution is 5.96. The molecule has 3 rings (SSSR count). The van der Waals surface area contributed by atoms with E-state index in [9.17, 15) is 18.4 Å². The lowest BCUT2D eigenvalue weighted by Gasteiger charge is -2.21. The number of carbonyl (C=O) groups excluding carboxylic acids is 2. The molecule has 9 heteroatoms. The standard InChI is InChI=1S/C18H18F2N2O5/c1-10-12(9-26-15-6-5-11(19)8-13(15)20)16(21-27-10)17(23)22-7-3-4-14(22)18(24)25-2/h5-6,8,14H,3-4,7,9H2,1-2H3. The first-order valence-corrected chi connectivity index (χ1v) is 8.34. The fourth-order valence-corrected chi connectivity index (χ4v) is 3.00. The number of rotatable bonds is 5. The Kier molecular flexibility index (Phi) is 5.38. The van der Waals surface area contributed by atoms with Gasteiger partial charge in [0, 0.05) is 12.6 Å². The lowest BCUT2D eigenvalue weighted by atomic mass is 10.1. The van der Waals surface area contributed by atoms with Crippen LogP contribution in [0.3, 0.4) is 0 Å². The van der Waals surface area contributed by atoms with E-state index in [1.54, 1.807) is 6.92 Å². The van der Waals surface area contributed by atoms with E-state index >= 15 is 0 Å². The second-order valence-corrected chi connectivity index (χ2v) is 6.11. The number of amides is 1. The molecule has 2 heterocycles. The van der Waals surface area contributed by atoms with Crippen molar-refractivity contribution >= 4 is 11.9 Å². The van der Waals surface area contributed by atoms with Gasteiger partial charge in [-0.25, -0.2) is 13.6 Å². The van der Waals surface area contributed by atoms with Crippen molar-refractivity contribution < 1.29 is 32.4 Å². The molecule has 2 aromatic rings. The summed E-state index contributed by atoms with van der Waals surface area (Å²) < 4.78 is 41.9. The van der Waals surface area contributed by atoms with Crippen molar-refractivity contribution in [3.63, 3.8) is 0 Å². The monoisotopic (exact) mass is 380 g/mol. The molecule has 1 aliphatic heterocycles. The number of benzene rings is 1. The highest BCUT2D eigenvalue weighted by Crippen LogP contribution is 2.25. The Labute approximate surface area is 153 Å². The minimum Gasteiger partial charge on any atom is -0.486 e. The van der Waals surface area contributed by atoms with E-state index in [4.69, 9.17) is 14.0 Å². The van der Waals surface area contributed by atoms with Gasteiger partial charge in [0.15, 0.2) is 17.3 Å². The van der Waals surface area contributed by atoms with Gasteiger partial charge in [0.1, 0.15) is 24.2 Å². The third-order valence-electron chi connectivity index (χ3n) is 4.44. The second kappa shape index (κ2) is 7.73. The maximum absolute atomic E-state index is 13.7. The summed E-state index contributed by atoms with van der Waals surface area (Å²) in [6.07, 6.45) is 1.16. The Balaban J connectivity index is 1.80. The summed E-state index contributed by atoms with van der Waals surface area (Å²) in [5.74, 6) is -2.40. The number of carbonyl (C=O) groups is 2. The van der Waals surface area contributed by atoms with Crippen LogP contribution in [0.15, 0.2) is 22.7 Å². The molecule has 1 atom stereocenters. The number of ether oxygens (including phenoxy) is 2. The average Bonchev–Trinajstić information content (AvgIpc) is 3.27. The fourth-order valence-electron chi connectivity index (χ4n) is 3.00. The summed E-state index contributed by atoms with van der Waals surface area (Å²) in [4.78, 5) is 26.1. The second-order valence-electron chi connectivity index (χ2n) is 6.11. The Bertz CT molecular complexity index is 867. The molecule has 0 bridgehead atoms. The van der Waals surface area contributed by atoms with Crippen molar-refractivity contribution in [3.8, 4) is 5.75 Å². The molecule has 0 spiro atoms. The summed E-state index contributed by atoms with van der Waals surface area (Å²) in [5, 5.41) is 3.78. The Hall–Kier alpha value is -2.97. The summed E-state index contributed by atoms with van der Waals surface area (Å²) in [7, 11) is 1.26. The Morgan fingerprint density at radius 2 is 2.15 bits per heavy atom. The molecule has 1 fully saturated rings. The molecule has 7 nitrogen and oxygen atoms in total. The maximum atomic E-state index is 13.7. The van der Waals surface area contributed by atoms with E-state index in [-0.39, 0.29) is 18.1 Å². The zero-order valence-electron chi connectivity index (χ0n) is 14.8. The quantitative estimate of drug-likeness (QED) is 0.742. The minimum atomic E-state index is -0.859. The minimum absolute atomic E-state index is 0.00850. The molecule has 27 heavy (non-hydrogen) atoms. The average molecular weight is 380 g/mol. The van der Waals surface area contributed by atoms with Crippen LogP contribution < -0.4 is 4.74 Å². The molecule has 1 unspecified atom stereocenters. The van der Waals surface area contributed by atoms with Crippen LogP contribution in [0, 0.1) is 18.6 Å². The number of likely N-dealkylation sites (tertiary alicyclic amines) is 1. The molecule has 0 aliphatic carbocycles. The molecule has 0 radical (unpaired) electrons. The first-order chi connectivity index (χ1) is 12.9. The van der Waals surface area contributed by atoms with Gasteiger partial charge in [0.2, 0.25) is 0 Å². The molecule has 1 amide bonds. The van der Waals surface area contributed by atoms with Gasteiger partial charge in [-0.05, 0) is 31.9 Å². The maximum Gasteiger partial charge on any atom is 0.328 e. The van der Waals surface area contributed by atoms with Crippen LogP contribution in [0.5, 0.6) is 5.75 Å². The smallest absolute Gasteiger partial charge is 0.328 e. The van der Waals surface area contributed by atoms with Gasteiger partial charge in [-0.1, -0.05) is 5.16 Å². The van der Waals surface area contributed by atoms with Crippen LogP contribution in [0.4, 0.5) is 8.78 Å². The van der Waals surface area contributed by atoms with Crippen LogP contribution in [0.2, 0.25) is 0 Å². The topological polar surface area (TPSA) is 81.9 Å². The number of nitrogens with zero attached hydrogens (tertiary/aromatic N) is 2. The fraction of sp³-hybridized carbons (Fsp3) is 0.389. The number of halogens is 2. The highest BCUT2D eigenvalue weighted by Gasteiger charge is 2.37. The van der Waals surface area contributed by atoms with Crippen molar-refractivity contribution in [2.75, 3.05) is 13.7 Å². The predicted molar refractivity (Wildman–Crippen MR) is 88.0 cm³/mol. The van der Waals surface area contributed by atoms with E-state index in [1.165, 1.54) is 12.0 Å². The van der Waals surface area contributed by atoms with E-state index in [0.29, 0.717) is 36.8 Å². The molecule has 144 valence electrons. The number of hydrogen-bond donors (Lipinski definition) is 0. The van der Waals surface area contributed by atoms with Crippen molar-refractivity contribution in [3.05, 3.63) is 46.9 Å². The van der Waals surface area contributed by atoms with Crippen LogP contribution in [0.25, 0.3) is 0 Å². The van der Waals surface area contributed by atoms with Gasteiger partial charge in [0.25, 0.3) is 5.91 Å². The lowest BCUT2D eigenvalue weighted by Crippen LogP contribution is -2.41. The zero-order valence-corrected chi connectivity index (χ0v) is 14.8. The Morgan fingerprint density at radius 1 is 1.37 bits per heavy atom. The molecule has 0 saturated carbocycles. The van der Waals surface area contributed by atoms with Crippen LogP contribution in [-0.2, 0) is 16.1 Å². The lowest BCUT2D eigenvalue weighted by molar-refractivity contribution is -0.145. The predicted octanol–water partition coefficient (Wildman–Crippen LogP) is 2.62. The largest absolute Gasteiger partial charge is 0.486 e. The van der Waals surface area contributed by atoms with Gasteiger partial charge >= 0.3 is 5.97 Å². The molecule has 0 N–H and O–H groups in total. The molecule has 1 aromatic carbocycles. The van der Waals surface area contributed by atoms with Gasteiger partial charge in [-0.2, -0.15) is 0 Å². The number of aromatic nitrogens is 1. The molecular formula is C18H18F2N2O5. The van der Waals surface area contributed by atoms with Crippen molar-refractivity contribution in [1.29, 1.82) is 0 Å². The summed E-state index contributed by atoms with van der Waals surface area (Å²) >= 11 is 0. The summed E-state index contributed by atoms with van der Waals surface area (Å²) in [6, 6.07) is 2.24. The number of methoxy groups -OCH3 is 1. The number of esters is 1.